The van der Waals surface area contributed by atoms with Crippen molar-refractivity contribution < 1.29 is 0 Å². The summed E-state index contributed by atoms with van der Waals surface area (Å²) in [5.41, 5.74) is 5.42. The summed E-state index contributed by atoms with van der Waals surface area (Å²) in [6.07, 6.45) is 3.53. The highest BCUT2D eigenvalue weighted by Gasteiger charge is 2.01. The maximum atomic E-state index is 3.98. The molecule has 1 rings (SSSR count). The minimum absolute atomic E-state index is 1.13. The average Bonchev–Trinajstić information content (AvgIpc) is 2.18. The Morgan fingerprint density at radius 2 is 1.93 bits per heavy atom. The van der Waals surface area contributed by atoms with Crippen molar-refractivity contribution >= 4 is 5.57 Å². The van der Waals surface area contributed by atoms with E-state index in [2.05, 4.69) is 45.5 Å². The van der Waals surface area contributed by atoms with E-state index in [9.17, 15) is 0 Å². The molecule has 0 unspecified atom stereocenters. The van der Waals surface area contributed by atoms with E-state index in [1.807, 2.05) is 0 Å². The third-order valence-electron chi connectivity index (χ3n) is 2.60. The summed E-state index contributed by atoms with van der Waals surface area (Å²) in [7, 11) is 0. The molecule has 0 heteroatoms. The van der Waals surface area contributed by atoms with E-state index in [-0.39, 0.29) is 0 Å². The Bertz CT molecular complexity index is 321. The van der Waals surface area contributed by atoms with Gasteiger partial charge in [0, 0.05) is 0 Å². The predicted molar refractivity (Wildman–Crippen MR) is 64.5 cm³/mol. The molecule has 0 heterocycles. The lowest BCUT2D eigenvalue weighted by Crippen LogP contribution is -1.94. The van der Waals surface area contributed by atoms with E-state index in [1.165, 1.54) is 29.5 Å². The zero-order valence-corrected chi connectivity index (χ0v) is 9.56. The first-order valence-corrected chi connectivity index (χ1v) is 5.46. The van der Waals surface area contributed by atoms with Gasteiger partial charge in [0.1, 0.15) is 0 Å². The third kappa shape index (κ3) is 2.47. The first kappa shape index (κ1) is 11.0. The molecule has 0 bridgehead atoms. The van der Waals surface area contributed by atoms with E-state index < -0.39 is 0 Å². The second-order valence-corrected chi connectivity index (χ2v) is 3.87. The molecule has 0 spiro atoms. The second-order valence-electron chi connectivity index (χ2n) is 3.87. The maximum Gasteiger partial charge on any atom is -0.0230 e. The largest absolute Gasteiger partial charge is 0.0955 e. The summed E-state index contributed by atoms with van der Waals surface area (Å²) in [5.74, 6) is 0. The van der Waals surface area contributed by atoms with Crippen LogP contribution in [0.2, 0.25) is 0 Å². The van der Waals surface area contributed by atoms with E-state index in [4.69, 9.17) is 0 Å². The highest BCUT2D eigenvalue weighted by Crippen LogP contribution is 2.19. The van der Waals surface area contributed by atoms with Crippen LogP contribution in [-0.2, 0) is 12.8 Å². The molecule has 1 aromatic rings. The van der Waals surface area contributed by atoms with Crippen LogP contribution in [0.5, 0.6) is 0 Å². The van der Waals surface area contributed by atoms with Gasteiger partial charge in [0.15, 0.2) is 0 Å². The van der Waals surface area contributed by atoms with Gasteiger partial charge in [-0.1, -0.05) is 50.6 Å². The Morgan fingerprint density at radius 3 is 2.43 bits per heavy atom. The number of benzene rings is 1. The van der Waals surface area contributed by atoms with Crippen LogP contribution in [-0.4, -0.2) is 0 Å². The molecule has 0 fully saturated rings. The van der Waals surface area contributed by atoms with Crippen LogP contribution in [0.4, 0.5) is 0 Å². The van der Waals surface area contributed by atoms with Crippen molar-refractivity contribution in [2.24, 2.45) is 0 Å². The smallest absolute Gasteiger partial charge is 0.0230 e. The van der Waals surface area contributed by atoms with Crippen molar-refractivity contribution in [2.75, 3.05) is 0 Å². The lowest BCUT2D eigenvalue weighted by molar-refractivity contribution is 0.898. The molecule has 14 heavy (non-hydrogen) atoms. The minimum atomic E-state index is 1.13. The van der Waals surface area contributed by atoms with Crippen molar-refractivity contribution in [2.45, 2.75) is 40.0 Å². The lowest BCUT2D eigenvalue weighted by Gasteiger charge is -2.09. The van der Waals surface area contributed by atoms with Crippen LogP contribution in [0.3, 0.4) is 0 Å². The van der Waals surface area contributed by atoms with Gasteiger partial charge < -0.3 is 0 Å². The molecular formula is C14H20. The van der Waals surface area contributed by atoms with E-state index in [0.29, 0.717) is 0 Å². The number of allylic oxidation sites excluding steroid dienone is 1. The van der Waals surface area contributed by atoms with Gasteiger partial charge in [-0.2, -0.15) is 0 Å². The van der Waals surface area contributed by atoms with E-state index >= 15 is 0 Å². The van der Waals surface area contributed by atoms with Gasteiger partial charge in [-0.05, 0) is 36.5 Å². The van der Waals surface area contributed by atoms with Crippen LogP contribution >= 0.6 is 0 Å². The first-order valence-electron chi connectivity index (χ1n) is 5.46. The zero-order chi connectivity index (χ0) is 10.6. The predicted octanol–water partition coefficient (Wildman–Crippen LogP) is 4.23. The highest BCUT2D eigenvalue weighted by atomic mass is 14.1. The van der Waals surface area contributed by atoms with Gasteiger partial charge in [0.05, 0.1) is 0 Å². The molecule has 0 amide bonds. The quantitative estimate of drug-likeness (QED) is 0.663. The minimum Gasteiger partial charge on any atom is -0.0955 e. The SMILES string of the molecule is C=C(C)c1ccc(CC)c(CCC)c1. The zero-order valence-electron chi connectivity index (χ0n) is 9.56. The van der Waals surface area contributed by atoms with Crippen molar-refractivity contribution in [1.82, 2.24) is 0 Å². The fraction of sp³-hybridized carbons (Fsp3) is 0.429. The van der Waals surface area contributed by atoms with Crippen LogP contribution in [0.15, 0.2) is 24.8 Å². The fourth-order valence-electron chi connectivity index (χ4n) is 1.74. The van der Waals surface area contributed by atoms with Gasteiger partial charge in [-0.3, -0.25) is 0 Å². The van der Waals surface area contributed by atoms with Crippen LogP contribution in [0.1, 0.15) is 43.9 Å². The maximum absolute atomic E-state index is 3.98. The lowest BCUT2D eigenvalue weighted by atomic mass is 9.96. The van der Waals surface area contributed by atoms with E-state index in [0.717, 1.165) is 12.0 Å². The molecule has 0 aliphatic rings. The van der Waals surface area contributed by atoms with Crippen LogP contribution < -0.4 is 0 Å². The summed E-state index contributed by atoms with van der Waals surface area (Å²) in [6, 6.07) is 6.72. The summed E-state index contributed by atoms with van der Waals surface area (Å²) < 4.78 is 0. The Kier molecular flexibility index (Phi) is 3.94. The molecule has 0 N–H and O–H groups in total. The van der Waals surface area contributed by atoms with Gasteiger partial charge in [-0.15, -0.1) is 0 Å². The van der Waals surface area contributed by atoms with Crippen molar-refractivity contribution in [3.63, 3.8) is 0 Å². The second kappa shape index (κ2) is 4.99. The van der Waals surface area contributed by atoms with Gasteiger partial charge in [0.2, 0.25) is 0 Å². The van der Waals surface area contributed by atoms with Crippen molar-refractivity contribution in [3.8, 4) is 0 Å². The van der Waals surface area contributed by atoms with Gasteiger partial charge >= 0.3 is 0 Å². The third-order valence-corrected chi connectivity index (χ3v) is 2.60. The molecule has 0 aliphatic heterocycles. The molecule has 0 saturated heterocycles. The molecule has 0 aromatic heterocycles. The van der Waals surface area contributed by atoms with Gasteiger partial charge in [0.25, 0.3) is 0 Å². The number of rotatable bonds is 4. The number of hydrogen-bond acceptors (Lipinski definition) is 0. The summed E-state index contributed by atoms with van der Waals surface area (Å²) >= 11 is 0. The topological polar surface area (TPSA) is 0 Å². The summed E-state index contributed by atoms with van der Waals surface area (Å²) in [6.45, 7) is 10.5. The van der Waals surface area contributed by atoms with E-state index in [1.54, 1.807) is 0 Å². The van der Waals surface area contributed by atoms with Crippen LogP contribution in [0.25, 0.3) is 5.57 Å². The molecule has 76 valence electrons. The average molecular weight is 188 g/mol. The Hall–Kier alpha value is -1.04. The van der Waals surface area contributed by atoms with Crippen molar-refractivity contribution in [1.29, 1.82) is 0 Å². The van der Waals surface area contributed by atoms with Crippen LogP contribution in [0, 0.1) is 0 Å². The normalized spacial score (nSPS) is 10.2. The fourth-order valence-corrected chi connectivity index (χ4v) is 1.74. The monoisotopic (exact) mass is 188 g/mol. The number of hydrogen-bond donors (Lipinski definition) is 0. The standard InChI is InChI=1S/C14H20/c1-5-7-14-10-13(11(3)4)9-8-12(14)6-2/h8-10H,3,5-7H2,1-2,4H3. The molecular weight excluding hydrogens is 168 g/mol. The Morgan fingerprint density at radius 1 is 1.21 bits per heavy atom. The highest BCUT2D eigenvalue weighted by molar-refractivity contribution is 5.62. The molecule has 0 aliphatic carbocycles. The molecule has 0 radical (unpaired) electrons. The summed E-state index contributed by atoms with van der Waals surface area (Å²) in [5, 5.41) is 0. The molecule has 0 saturated carbocycles. The molecule has 0 nitrogen and oxygen atoms in total. The molecule has 0 atom stereocenters. The van der Waals surface area contributed by atoms with Crippen molar-refractivity contribution in [3.05, 3.63) is 41.5 Å². The molecule has 1 aromatic carbocycles. The summed E-state index contributed by atoms with van der Waals surface area (Å²) in [4.78, 5) is 0. The first-order chi connectivity index (χ1) is 6.69. The number of aryl methyl sites for hydroxylation is 2. The Balaban J connectivity index is 3.07. The van der Waals surface area contributed by atoms with Gasteiger partial charge in [-0.25, -0.2) is 0 Å². The Labute approximate surface area is 87.7 Å².